The van der Waals surface area contributed by atoms with E-state index >= 15 is 0 Å². The highest BCUT2D eigenvalue weighted by Gasteiger charge is 2.08. The van der Waals surface area contributed by atoms with Crippen LogP contribution in [0.15, 0.2) is 63.7 Å². The Kier molecular flexibility index (Phi) is 5.16. The number of rotatable bonds is 5. The summed E-state index contributed by atoms with van der Waals surface area (Å²) in [6, 6.07) is 14.7. The lowest BCUT2D eigenvalue weighted by Crippen LogP contribution is -2.31. The predicted molar refractivity (Wildman–Crippen MR) is 99.9 cm³/mol. The van der Waals surface area contributed by atoms with Crippen molar-refractivity contribution in [3.05, 3.63) is 85.5 Å². The molecule has 0 bridgehead atoms. The quantitative estimate of drug-likeness (QED) is 0.761. The minimum atomic E-state index is -0.510. The van der Waals surface area contributed by atoms with Gasteiger partial charge in [-0.25, -0.2) is 4.79 Å². The summed E-state index contributed by atoms with van der Waals surface area (Å²) in [6.45, 7) is 2.36. The molecule has 2 aromatic carbocycles. The number of hydrogen-bond acceptors (Lipinski definition) is 3. The van der Waals surface area contributed by atoms with Gasteiger partial charge in [-0.15, -0.1) is 0 Å². The molecule has 0 saturated carbocycles. The summed E-state index contributed by atoms with van der Waals surface area (Å²) >= 11 is 5.93. The summed E-state index contributed by atoms with van der Waals surface area (Å²) in [5.74, 6) is 0. The van der Waals surface area contributed by atoms with Gasteiger partial charge in [0.1, 0.15) is 6.73 Å². The first kappa shape index (κ1) is 17.2. The molecule has 0 aliphatic rings. The number of nitrogens with zero attached hydrogens (tertiary/aromatic N) is 1. The minimum Gasteiger partial charge on any atom is -0.356 e. The summed E-state index contributed by atoms with van der Waals surface area (Å²) in [5, 5.41) is 0.790. The fourth-order valence-electron chi connectivity index (χ4n) is 2.57. The lowest BCUT2D eigenvalue weighted by atomic mass is 10.1. The predicted octanol–water partition coefficient (Wildman–Crippen LogP) is 3.42. The standard InChI is InChI=1S/C19H17ClN2O3/c1-13(9-14-5-3-2-4-6-14)11-25-12-22-17-8-7-15(20)10-16(17)18(23)21-19(22)24/h2-10H,11-12H2,1H3,(H,21,23,24). The number of halogens is 1. The van der Waals surface area contributed by atoms with Crippen molar-refractivity contribution >= 4 is 28.6 Å². The van der Waals surface area contributed by atoms with Gasteiger partial charge in [-0.05, 0) is 36.3 Å². The molecule has 6 heteroatoms. The van der Waals surface area contributed by atoms with Crippen LogP contribution >= 0.6 is 11.6 Å². The smallest absolute Gasteiger partial charge is 0.330 e. The van der Waals surface area contributed by atoms with E-state index in [1.165, 1.54) is 10.6 Å². The number of fused-ring (bicyclic) bond motifs is 1. The van der Waals surface area contributed by atoms with Gasteiger partial charge in [0.2, 0.25) is 0 Å². The molecule has 25 heavy (non-hydrogen) atoms. The maximum absolute atomic E-state index is 12.1. The number of H-pyrrole nitrogens is 1. The van der Waals surface area contributed by atoms with Crippen LogP contribution < -0.4 is 11.2 Å². The lowest BCUT2D eigenvalue weighted by molar-refractivity contribution is 0.0952. The lowest BCUT2D eigenvalue weighted by Gasteiger charge is -2.10. The molecule has 0 radical (unpaired) electrons. The average Bonchev–Trinajstić information content (AvgIpc) is 2.59. The van der Waals surface area contributed by atoms with Crippen LogP contribution in [0.4, 0.5) is 0 Å². The summed E-state index contributed by atoms with van der Waals surface area (Å²) in [6.07, 6.45) is 2.02. The molecule has 1 N–H and O–H groups in total. The Morgan fingerprint density at radius 2 is 1.96 bits per heavy atom. The van der Waals surface area contributed by atoms with Gasteiger partial charge in [0, 0.05) is 5.02 Å². The fraction of sp³-hybridized carbons (Fsp3) is 0.158. The van der Waals surface area contributed by atoms with Crippen LogP contribution in [0.3, 0.4) is 0 Å². The molecular weight excluding hydrogens is 340 g/mol. The molecule has 0 saturated heterocycles. The Morgan fingerprint density at radius 3 is 2.72 bits per heavy atom. The second kappa shape index (κ2) is 7.51. The summed E-state index contributed by atoms with van der Waals surface area (Å²) in [5.41, 5.74) is 1.63. The van der Waals surface area contributed by atoms with Gasteiger partial charge < -0.3 is 4.74 Å². The van der Waals surface area contributed by atoms with Crippen LogP contribution in [-0.2, 0) is 11.5 Å². The van der Waals surface area contributed by atoms with Gasteiger partial charge in [-0.2, -0.15) is 0 Å². The largest absolute Gasteiger partial charge is 0.356 e. The highest BCUT2D eigenvalue weighted by Crippen LogP contribution is 2.15. The van der Waals surface area contributed by atoms with Crippen LogP contribution in [0.1, 0.15) is 12.5 Å². The first-order valence-electron chi connectivity index (χ1n) is 7.77. The van der Waals surface area contributed by atoms with E-state index in [4.69, 9.17) is 16.3 Å². The molecule has 0 fully saturated rings. The summed E-state index contributed by atoms with van der Waals surface area (Å²) < 4.78 is 7.03. The molecule has 0 aliphatic carbocycles. The third kappa shape index (κ3) is 4.07. The van der Waals surface area contributed by atoms with Gasteiger partial charge in [0.15, 0.2) is 0 Å². The van der Waals surface area contributed by atoms with Crippen LogP contribution in [0, 0.1) is 0 Å². The molecule has 128 valence electrons. The third-order valence-corrected chi connectivity index (χ3v) is 3.96. The second-order valence-corrected chi connectivity index (χ2v) is 6.16. The van der Waals surface area contributed by atoms with Gasteiger partial charge in [-0.3, -0.25) is 14.3 Å². The zero-order valence-corrected chi connectivity index (χ0v) is 14.4. The molecule has 5 nitrogen and oxygen atoms in total. The Bertz CT molecular complexity index is 1040. The van der Waals surface area contributed by atoms with E-state index in [1.54, 1.807) is 12.1 Å². The molecule has 1 heterocycles. The van der Waals surface area contributed by atoms with Crippen LogP contribution in [0.2, 0.25) is 5.02 Å². The van der Waals surface area contributed by atoms with E-state index in [0.717, 1.165) is 11.1 Å². The zero-order valence-electron chi connectivity index (χ0n) is 13.7. The van der Waals surface area contributed by atoms with E-state index in [9.17, 15) is 9.59 Å². The van der Waals surface area contributed by atoms with Crippen molar-refractivity contribution in [1.29, 1.82) is 0 Å². The van der Waals surface area contributed by atoms with Crippen molar-refractivity contribution in [1.82, 2.24) is 9.55 Å². The number of hydrogen-bond donors (Lipinski definition) is 1. The number of nitrogens with one attached hydrogen (secondary N) is 1. The van der Waals surface area contributed by atoms with Crippen molar-refractivity contribution in [2.24, 2.45) is 0 Å². The third-order valence-electron chi connectivity index (χ3n) is 3.72. The molecule has 0 spiro atoms. The Morgan fingerprint density at radius 1 is 1.20 bits per heavy atom. The highest BCUT2D eigenvalue weighted by atomic mass is 35.5. The minimum absolute atomic E-state index is 0.0354. The molecule has 3 rings (SSSR count). The van der Waals surface area contributed by atoms with Gasteiger partial charge >= 0.3 is 5.69 Å². The molecule has 0 unspecified atom stereocenters. The van der Waals surface area contributed by atoms with Crippen molar-refractivity contribution in [3.8, 4) is 0 Å². The monoisotopic (exact) mass is 356 g/mol. The van der Waals surface area contributed by atoms with Crippen molar-refractivity contribution in [3.63, 3.8) is 0 Å². The van der Waals surface area contributed by atoms with Crippen molar-refractivity contribution in [2.45, 2.75) is 13.7 Å². The first-order valence-corrected chi connectivity index (χ1v) is 8.15. The van der Waals surface area contributed by atoms with Gasteiger partial charge in [0.25, 0.3) is 5.56 Å². The number of aromatic amines is 1. The van der Waals surface area contributed by atoms with E-state index in [-0.39, 0.29) is 6.73 Å². The van der Waals surface area contributed by atoms with Crippen LogP contribution in [0.5, 0.6) is 0 Å². The van der Waals surface area contributed by atoms with E-state index in [2.05, 4.69) is 4.98 Å². The average molecular weight is 357 g/mol. The number of ether oxygens (including phenoxy) is 1. The van der Waals surface area contributed by atoms with E-state index in [0.29, 0.717) is 22.5 Å². The molecule has 1 aromatic heterocycles. The SMILES string of the molecule is CC(=Cc1ccccc1)COCn1c(=O)[nH]c(=O)c2cc(Cl)ccc21. The highest BCUT2D eigenvalue weighted by molar-refractivity contribution is 6.31. The first-order chi connectivity index (χ1) is 12.0. The molecule has 0 amide bonds. The normalized spacial score (nSPS) is 11.8. The Labute approximate surface area is 149 Å². The number of benzene rings is 2. The van der Waals surface area contributed by atoms with E-state index < -0.39 is 11.2 Å². The summed E-state index contributed by atoms with van der Waals surface area (Å²) in [7, 11) is 0. The number of aromatic nitrogens is 2. The topological polar surface area (TPSA) is 64.1 Å². The molecule has 0 atom stereocenters. The van der Waals surface area contributed by atoms with Crippen LogP contribution in [-0.4, -0.2) is 16.2 Å². The van der Waals surface area contributed by atoms with Gasteiger partial charge in [0.05, 0.1) is 17.5 Å². The van der Waals surface area contributed by atoms with Crippen molar-refractivity contribution in [2.75, 3.05) is 6.61 Å². The van der Waals surface area contributed by atoms with Crippen LogP contribution in [0.25, 0.3) is 17.0 Å². The second-order valence-electron chi connectivity index (χ2n) is 5.73. The fourth-order valence-corrected chi connectivity index (χ4v) is 2.74. The molecule has 0 aliphatic heterocycles. The molecule has 3 aromatic rings. The Balaban J connectivity index is 1.79. The summed E-state index contributed by atoms with van der Waals surface area (Å²) in [4.78, 5) is 26.3. The zero-order chi connectivity index (χ0) is 17.8. The Hall–Kier alpha value is -2.63. The molecular formula is C19H17ClN2O3. The van der Waals surface area contributed by atoms with Gasteiger partial charge in [-0.1, -0.05) is 48.0 Å². The maximum Gasteiger partial charge on any atom is 0.330 e. The maximum atomic E-state index is 12.1. The van der Waals surface area contributed by atoms with Crippen molar-refractivity contribution < 1.29 is 4.74 Å². The van der Waals surface area contributed by atoms with E-state index in [1.807, 2.05) is 43.3 Å².